The predicted molar refractivity (Wildman–Crippen MR) is 96.1 cm³/mol. The maximum absolute atomic E-state index is 12.3. The number of anilines is 1. The average molecular weight is 340 g/mol. The number of nitrogens with zero attached hydrogens (tertiary/aromatic N) is 3. The first kappa shape index (κ1) is 17.2. The van der Waals surface area contributed by atoms with Crippen LogP contribution >= 0.6 is 0 Å². The molecule has 6 heteroatoms. The lowest BCUT2D eigenvalue weighted by molar-refractivity contribution is -0.126. The van der Waals surface area contributed by atoms with Crippen molar-refractivity contribution in [2.24, 2.45) is 5.92 Å². The van der Waals surface area contributed by atoms with Crippen molar-refractivity contribution >= 4 is 17.5 Å². The Kier molecular flexibility index (Phi) is 5.48. The number of aryl methyl sites for hydroxylation is 2. The highest BCUT2D eigenvalue weighted by atomic mass is 16.2. The van der Waals surface area contributed by atoms with E-state index in [1.807, 2.05) is 35.0 Å². The Labute approximate surface area is 147 Å². The van der Waals surface area contributed by atoms with Gasteiger partial charge in [0.1, 0.15) is 0 Å². The van der Waals surface area contributed by atoms with Gasteiger partial charge in [0.15, 0.2) is 0 Å². The van der Waals surface area contributed by atoms with Crippen molar-refractivity contribution in [1.82, 2.24) is 14.9 Å². The van der Waals surface area contributed by atoms with Gasteiger partial charge in [-0.3, -0.25) is 9.59 Å². The molecule has 25 heavy (non-hydrogen) atoms. The van der Waals surface area contributed by atoms with Crippen LogP contribution in [0.3, 0.4) is 0 Å². The standard InChI is InChI=1S/C19H24N4O2/c1-2-15-4-6-17(7-5-15)23-13-16(12-18(23)24)19(25)21-8-3-10-22-11-9-20-14-22/h4-7,9,11,14,16H,2-3,8,10,12-13H2,1H3,(H,21,25)/t16-/m1/s1. The lowest BCUT2D eigenvalue weighted by Gasteiger charge is -2.17. The molecule has 0 saturated carbocycles. The van der Waals surface area contributed by atoms with Crippen molar-refractivity contribution in [3.63, 3.8) is 0 Å². The highest BCUT2D eigenvalue weighted by Crippen LogP contribution is 2.25. The van der Waals surface area contributed by atoms with E-state index in [1.54, 1.807) is 17.4 Å². The number of hydrogen-bond donors (Lipinski definition) is 1. The van der Waals surface area contributed by atoms with Crippen molar-refractivity contribution in [2.45, 2.75) is 32.7 Å². The van der Waals surface area contributed by atoms with Gasteiger partial charge in [-0.1, -0.05) is 19.1 Å². The Balaban J connectivity index is 1.48. The number of carbonyl (C=O) groups is 2. The second-order valence-electron chi connectivity index (χ2n) is 6.37. The van der Waals surface area contributed by atoms with Crippen LogP contribution in [0.5, 0.6) is 0 Å². The smallest absolute Gasteiger partial charge is 0.227 e. The van der Waals surface area contributed by atoms with Crippen LogP contribution in [0.1, 0.15) is 25.3 Å². The number of amides is 2. The number of carbonyl (C=O) groups excluding carboxylic acids is 2. The minimum absolute atomic E-state index is 0.0165. The Morgan fingerprint density at radius 3 is 2.80 bits per heavy atom. The van der Waals surface area contributed by atoms with E-state index >= 15 is 0 Å². The quantitative estimate of drug-likeness (QED) is 0.784. The molecule has 1 aliphatic rings. The van der Waals surface area contributed by atoms with E-state index in [-0.39, 0.29) is 24.2 Å². The Bertz CT molecular complexity index is 710. The molecule has 2 aromatic rings. The minimum Gasteiger partial charge on any atom is -0.356 e. The summed E-state index contributed by atoms with van der Waals surface area (Å²) in [5.41, 5.74) is 2.11. The largest absolute Gasteiger partial charge is 0.356 e. The molecule has 6 nitrogen and oxygen atoms in total. The summed E-state index contributed by atoms with van der Waals surface area (Å²) in [6.45, 7) is 3.98. The van der Waals surface area contributed by atoms with Gasteiger partial charge in [0, 0.05) is 44.1 Å². The summed E-state index contributed by atoms with van der Waals surface area (Å²) < 4.78 is 1.98. The molecule has 1 aromatic heterocycles. The van der Waals surface area contributed by atoms with Crippen LogP contribution in [-0.2, 0) is 22.6 Å². The summed E-state index contributed by atoms with van der Waals surface area (Å²) in [5, 5.41) is 2.95. The van der Waals surface area contributed by atoms with Crippen LogP contribution in [0.25, 0.3) is 0 Å². The summed E-state index contributed by atoms with van der Waals surface area (Å²) in [7, 11) is 0. The van der Waals surface area contributed by atoms with Crippen LogP contribution in [0.4, 0.5) is 5.69 Å². The molecule has 1 fully saturated rings. The van der Waals surface area contributed by atoms with E-state index in [2.05, 4.69) is 17.2 Å². The summed E-state index contributed by atoms with van der Waals surface area (Å²) in [6.07, 6.45) is 7.49. The maximum atomic E-state index is 12.3. The number of nitrogens with one attached hydrogen (secondary N) is 1. The first-order valence-corrected chi connectivity index (χ1v) is 8.80. The third-order valence-corrected chi connectivity index (χ3v) is 4.60. The third kappa shape index (κ3) is 4.26. The molecule has 3 rings (SSSR count). The van der Waals surface area contributed by atoms with Gasteiger partial charge in [0.25, 0.3) is 0 Å². The van der Waals surface area contributed by atoms with Gasteiger partial charge in [-0.25, -0.2) is 4.98 Å². The van der Waals surface area contributed by atoms with Crippen molar-refractivity contribution < 1.29 is 9.59 Å². The Morgan fingerprint density at radius 2 is 2.12 bits per heavy atom. The van der Waals surface area contributed by atoms with Crippen molar-refractivity contribution in [2.75, 3.05) is 18.0 Å². The van der Waals surface area contributed by atoms with Crippen LogP contribution in [-0.4, -0.2) is 34.5 Å². The summed E-state index contributed by atoms with van der Waals surface area (Å²) in [6, 6.07) is 7.99. The first-order valence-electron chi connectivity index (χ1n) is 8.80. The second kappa shape index (κ2) is 7.96. The van der Waals surface area contributed by atoms with Gasteiger partial charge >= 0.3 is 0 Å². The van der Waals surface area contributed by atoms with Gasteiger partial charge in [0.2, 0.25) is 11.8 Å². The molecule has 0 radical (unpaired) electrons. The fraction of sp³-hybridized carbons (Fsp3) is 0.421. The van der Waals surface area contributed by atoms with Crippen LogP contribution in [0.15, 0.2) is 43.0 Å². The maximum Gasteiger partial charge on any atom is 0.227 e. The molecule has 1 atom stereocenters. The van der Waals surface area contributed by atoms with Crippen LogP contribution in [0.2, 0.25) is 0 Å². The SMILES string of the molecule is CCc1ccc(N2C[C@H](C(=O)NCCCn3ccnc3)CC2=O)cc1. The van der Waals surface area contributed by atoms with Gasteiger partial charge in [-0.05, 0) is 30.5 Å². The normalized spacial score (nSPS) is 17.1. The lowest BCUT2D eigenvalue weighted by Crippen LogP contribution is -2.33. The fourth-order valence-corrected chi connectivity index (χ4v) is 3.08. The van der Waals surface area contributed by atoms with Crippen molar-refractivity contribution in [1.29, 1.82) is 0 Å². The highest BCUT2D eigenvalue weighted by Gasteiger charge is 2.34. The number of rotatable bonds is 7. The molecule has 132 valence electrons. The lowest BCUT2D eigenvalue weighted by atomic mass is 10.1. The summed E-state index contributed by atoms with van der Waals surface area (Å²) in [4.78, 5) is 30.3. The molecular weight excluding hydrogens is 316 g/mol. The van der Waals surface area contributed by atoms with E-state index in [4.69, 9.17) is 0 Å². The van der Waals surface area contributed by atoms with Gasteiger partial charge < -0.3 is 14.8 Å². The molecule has 1 N–H and O–H groups in total. The molecule has 1 aromatic carbocycles. The molecular formula is C19H24N4O2. The van der Waals surface area contributed by atoms with Gasteiger partial charge in [-0.15, -0.1) is 0 Å². The molecule has 1 aliphatic heterocycles. The number of imidazole rings is 1. The highest BCUT2D eigenvalue weighted by molar-refractivity contribution is 6.00. The number of hydrogen-bond acceptors (Lipinski definition) is 3. The number of benzene rings is 1. The van der Waals surface area contributed by atoms with Crippen LogP contribution in [0, 0.1) is 5.92 Å². The monoisotopic (exact) mass is 340 g/mol. The molecule has 0 aliphatic carbocycles. The van der Waals surface area contributed by atoms with E-state index < -0.39 is 0 Å². The molecule has 1 saturated heterocycles. The van der Waals surface area contributed by atoms with E-state index in [0.717, 1.165) is 25.1 Å². The zero-order valence-electron chi connectivity index (χ0n) is 14.5. The predicted octanol–water partition coefficient (Wildman–Crippen LogP) is 2.00. The summed E-state index contributed by atoms with van der Waals surface area (Å²) >= 11 is 0. The molecule has 0 unspecified atom stereocenters. The first-order chi connectivity index (χ1) is 12.2. The molecule has 2 amide bonds. The van der Waals surface area contributed by atoms with E-state index in [9.17, 15) is 9.59 Å². The minimum atomic E-state index is -0.272. The third-order valence-electron chi connectivity index (χ3n) is 4.60. The Hall–Kier alpha value is -2.63. The molecule has 2 heterocycles. The molecule has 0 spiro atoms. The van der Waals surface area contributed by atoms with Gasteiger partial charge in [-0.2, -0.15) is 0 Å². The van der Waals surface area contributed by atoms with Crippen molar-refractivity contribution in [3.8, 4) is 0 Å². The van der Waals surface area contributed by atoms with Crippen molar-refractivity contribution in [3.05, 3.63) is 48.5 Å². The van der Waals surface area contributed by atoms with E-state index in [0.29, 0.717) is 13.1 Å². The summed E-state index contributed by atoms with van der Waals surface area (Å²) in [5.74, 6) is -0.291. The number of aromatic nitrogens is 2. The zero-order valence-corrected chi connectivity index (χ0v) is 14.5. The topological polar surface area (TPSA) is 67.2 Å². The van der Waals surface area contributed by atoms with Gasteiger partial charge in [0.05, 0.1) is 12.2 Å². The second-order valence-corrected chi connectivity index (χ2v) is 6.37. The molecule has 0 bridgehead atoms. The van der Waals surface area contributed by atoms with Crippen LogP contribution < -0.4 is 10.2 Å². The Morgan fingerprint density at radius 1 is 1.32 bits per heavy atom. The zero-order chi connectivity index (χ0) is 17.6. The fourth-order valence-electron chi connectivity index (χ4n) is 3.08. The average Bonchev–Trinajstić information content (AvgIpc) is 3.28. The van der Waals surface area contributed by atoms with E-state index in [1.165, 1.54) is 5.56 Å².